The molecular weight excluding hydrogens is 364 g/mol. The van der Waals surface area contributed by atoms with Gasteiger partial charge < -0.3 is 9.72 Å². The molecule has 7 nitrogen and oxygen atoms in total. The number of aryl methyl sites for hydroxylation is 2. The lowest BCUT2D eigenvalue weighted by atomic mass is 10.1. The van der Waals surface area contributed by atoms with Gasteiger partial charge in [-0.3, -0.25) is 19.2 Å². The van der Waals surface area contributed by atoms with Crippen LogP contribution >= 0.6 is 11.3 Å². The zero-order valence-electron chi connectivity index (χ0n) is 15.6. The maximum Gasteiger partial charge on any atom is 0.328 e. The molecule has 1 fully saturated rings. The van der Waals surface area contributed by atoms with Crippen molar-refractivity contribution in [2.45, 2.75) is 40.0 Å². The molecule has 0 radical (unpaired) electrons. The van der Waals surface area contributed by atoms with Gasteiger partial charge in [0.25, 0.3) is 5.56 Å². The Bertz CT molecular complexity index is 1110. The van der Waals surface area contributed by atoms with Gasteiger partial charge in [0.15, 0.2) is 0 Å². The van der Waals surface area contributed by atoms with E-state index in [-0.39, 0.29) is 17.4 Å². The molecule has 0 spiro atoms. The average Bonchev–Trinajstić information content (AvgIpc) is 2.98. The molecule has 1 saturated heterocycles. The summed E-state index contributed by atoms with van der Waals surface area (Å²) >= 11 is 1.45. The predicted octanol–water partition coefficient (Wildman–Crippen LogP) is 2.05. The fourth-order valence-electron chi connectivity index (χ4n) is 3.38. The van der Waals surface area contributed by atoms with Gasteiger partial charge in [0.2, 0.25) is 0 Å². The summed E-state index contributed by atoms with van der Waals surface area (Å²) in [6.45, 7) is 8.50. The second-order valence-corrected chi connectivity index (χ2v) is 8.04. The maximum atomic E-state index is 12.4. The highest BCUT2D eigenvalue weighted by molar-refractivity contribution is 7.18. The fraction of sp³-hybridized carbons (Fsp3) is 0.421. The van der Waals surface area contributed by atoms with Gasteiger partial charge in [-0.15, -0.1) is 11.3 Å². The number of nitrogens with zero attached hydrogens (tertiary/aromatic N) is 3. The lowest BCUT2D eigenvalue weighted by molar-refractivity contribution is 0.0145. The van der Waals surface area contributed by atoms with E-state index in [1.165, 1.54) is 15.9 Å². The SMILES string of the molecule is CCn1c(=O)[nH]c2cc(CN3CC(Oc4ccc(C)nc4C)C3)sc2c1=O. The quantitative estimate of drug-likeness (QED) is 0.726. The minimum Gasteiger partial charge on any atom is -0.486 e. The molecule has 0 aromatic carbocycles. The summed E-state index contributed by atoms with van der Waals surface area (Å²) in [6, 6.07) is 5.84. The Kier molecular flexibility index (Phi) is 4.61. The van der Waals surface area contributed by atoms with Crippen LogP contribution in [-0.2, 0) is 13.1 Å². The summed E-state index contributed by atoms with van der Waals surface area (Å²) < 4.78 is 7.87. The van der Waals surface area contributed by atoms with Gasteiger partial charge in [0.1, 0.15) is 16.6 Å². The van der Waals surface area contributed by atoms with Crippen molar-refractivity contribution in [2.24, 2.45) is 0 Å². The van der Waals surface area contributed by atoms with Crippen LogP contribution < -0.4 is 16.0 Å². The van der Waals surface area contributed by atoms with E-state index in [9.17, 15) is 9.59 Å². The number of thiophene rings is 1. The van der Waals surface area contributed by atoms with Gasteiger partial charge in [-0.2, -0.15) is 0 Å². The molecule has 8 heteroatoms. The zero-order chi connectivity index (χ0) is 19.1. The summed E-state index contributed by atoms with van der Waals surface area (Å²) in [4.78, 5) is 34.9. The van der Waals surface area contributed by atoms with E-state index in [1.807, 2.05) is 32.0 Å². The van der Waals surface area contributed by atoms with Crippen LogP contribution in [0, 0.1) is 13.8 Å². The van der Waals surface area contributed by atoms with Gasteiger partial charge in [0, 0.05) is 36.8 Å². The largest absolute Gasteiger partial charge is 0.486 e. The van der Waals surface area contributed by atoms with Gasteiger partial charge in [0.05, 0.1) is 11.2 Å². The first kappa shape index (κ1) is 17.9. The number of ether oxygens (including phenoxy) is 1. The number of hydrogen-bond acceptors (Lipinski definition) is 6. The summed E-state index contributed by atoms with van der Waals surface area (Å²) in [7, 11) is 0. The molecule has 1 aliphatic heterocycles. The number of rotatable bonds is 5. The Morgan fingerprint density at radius 2 is 2.07 bits per heavy atom. The smallest absolute Gasteiger partial charge is 0.328 e. The third-order valence-corrected chi connectivity index (χ3v) is 5.91. The Labute approximate surface area is 160 Å². The summed E-state index contributed by atoms with van der Waals surface area (Å²) in [6.07, 6.45) is 0.153. The highest BCUT2D eigenvalue weighted by Gasteiger charge is 2.29. The Balaban J connectivity index is 1.42. The minimum absolute atomic E-state index is 0.153. The molecule has 1 N–H and O–H groups in total. The molecule has 4 rings (SSSR count). The maximum absolute atomic E-state index is 12.4. The van der Waals surface area contributed by atoms with E-state index in [1.54, 1.807) is 6.92 Å². The standard InChI is InChI=1S/C19H22N4O3S/c1-4-23-18(24)17-15(21-19(23)25)7-14(27-17)10-22-8-13(9-22)26-16-6-5-11(2)20-12(16)3/h5-7,13H,4,8-10H2,1-3H3,(H,21,25). The molecule has 0 aliphatic carbocycles. The first-order chi connectivity index (χ1) is 12.9. The normalized spacial score (nSPS) is 15.2. The van der Waals surface area contributed by atoms with Crippen LogP contribution in [0.5, 0.6) is 5.75 Å². The van der Waals surface area contributed by atoms with Crippen LogP contribution in [-0.4, -0.2) is 38.6 Å². The van der Waals surface area contributed by atoms with Gasteiger partial charge in [-0.25, -0.2) is 4.79 Å². The molecule has 0 bridgehead atoms. The summed E-state index contributed by atoms with van der Waals surface area (Å²) in [5.41, 5.74) is 1.97. The van der Waals surface area contributed by atoms with Crippen molar-refractivity contribution in [2.75, 3.05) is 13.1 Å². The van der Waals surface area contributed by atoms with Crippen molar-refractivity contribution < 1.29 is 4.74 Å². The van der Waals surface area contributed by atoms with E-state index in [2.05, 4.69) is 14.9 Å². The monoisotopic (exact) mass is 386 g/mol. The van der Waals surface area contributed by atoms with Crippen molar-refractivity contribution in [1.82, 2.24) is 19.4 Å². The third-order valence-electron chi connectivity index (χ3n) is 4.80. The molecule has 27 heavy (non-hydrogen) atoms. The van der Waals surface area contributed by atoms with Crippen LogP contribution in [0.3, 0.4) is 0 Å². The average molecular weight is 386 g/mol. The van der Waals surface area contributed by atoms with Crippen molar-refractivity contribution >= 4 is 21.6 Å². The number of hydrogen-bond donors (Lipinski definition) is 1. The van der Waals surface area contributed by atoms with Crippen LogP contribution in [0.25, 0.3) is 10.2 Å². The molecule has 0 amide bonds. The fourth-order valence-corrected chi connectivity index (χ4v) is 4.48. The topological polar surface area (TPSA) is 80.2 Å². The number of likely N-dealkylation sites (tertiary alicyclic amines) is 1. The van der Waals surface area contributed by atoms with Gasteiger partial charge >= 0.3 is 5.69 Å². The summed E-state index contributed by atoms with van der Waals surface area (Å²) in [5.74, 6) is 0.838. The van der Waals surface area contributed by atoms with Crippen LogP contribution in [0.4, 0.5) is 0 Å². The second kappa shape index (κ2) is 6.94. The van der Waals surface area contributed by atoms with E-state index in [0.29, 0.717) is 16.8 Å². The molecule has 4 heterocycles. The Morgan fingerprint density at radius 1 is 1.30 bits per heavy atom. The number of H-pyrrole nitrogens is 1. The zero-order valence-corrected chi connectivity index (χ0v) is 16.4. The number of nitrogens with one attached hydrogen (secondary N) is 1. The van der Waals surface area contributed by atoms with Crippen LogP contribution in [0.15, 0.2) is 27.8 Å². The molecule has 0 unspecified atom stereocenters. The van der Waals surface area contributed by atoms with Crippen LogP contribution in [0.2, 0.25) is 0 Å². The first-order valence-electron chi connectivity index (χ1n) is 9.03. The number of fused-ring (bicyclic) bond motifs is 1. The predicted molar refractivity (Wildman–Crippen MR) is 106 cm³/mol. The molecule has 1 aliphatic rings. The van der Waals surface area contributed by atoms with Crippen LogP contribution in [0.1, 0.15) is 23.2 Å². The van der Waals surface area contributed by atoms with Gasteiger partial charge in [-0.1, -0.05) is 0 Å². The van der Waals surface area contributed by atoms with Crippen molar-refractivity contribution in [3.8, 4) is 5.75 Å². The highest BCUT2D eigenvalue weighted by atomic mass is 32.1. The third kappa shape index (κ3) is 3.42. The number of aromatic nitrogens is 3. The van der Waals surface area contributed by atoms with Crippen molar-refractivity contribution in [1.29, 1.82) is 0 Å². The van der Waals surface area contributed by atoms with E-state index in [4.69, 9.17) is 4.74 Å². The van der Waals surface area contributed by atoms with Crippen molar-refractivity contribution in [3.63, 3.8) is 0 Å². The van der Waals surface area contributed by atoms with E-state index < -0.39 is 0 Å². The molecule has 0 saturated carbocycles. The minimum atomic E-state index is -0.348. The Hall–Kier alpha value is -2.45. The lowest BCUT2D eigenvalue weighted by Crippen LogP contribution is -2.53. The van der Waals surface area contributed by atoms with E-state index in [0.717, 1.165) is 41.6 Å². The first-order valence-corrected chi connectivity index (χ1v) is 9.85. The molecule has 142 valence electrons. The Morgan fingerprint density at radius 3 is 2.78 bits per heavy atom. The highest BCUT2D eigenvalue weighted by Crippen LogP contribution is 2.26. The number of pyridine rings is 1. The molecule has 3 aromatic rings. The van der Waals surface area contributed by atoms with Gasteiger partial charge in [-0.05, 0) is 39.0 Å². The molecular formula is C19H22N4O3S. The lowest BCUT2D eigenvalue weighted by Gasteiger charge is -2.38. The molecule has 3 aromatic heterocycles. The van der Waals surface area contributed by atoms with Crippen molar-refractivity contribution in [3.05, 3.63) is 55.3 Å². The molecule has 0 atom stereocenters. The number of aromatic amines is 1. The summed E-state index contributed by atoms with van der Waals surface area (Å²) in [5, 5.41) is 0. The van der Waals surface area contributed by atoms with E-state index >= 15 is 0 Å². The second-order valence-electron chi connectivity index (χ2n) is 6.91.